The molecule has 2 rings (SSSR count). The first-order valence-corrected chi connectivity index (χ1v) is 6.81. The molecular formula is C15H19BrO. The minimum atomic E-state index is 0.0710. The molecule has 1 atom stereocenters. The Labute approximate surface area is 112 Å². The molecule has 0 aromatic heterocycles. The van der Waals surface area contributed by atoms with Gasteiger partial charge in [0.25, 0.3) is 0 Å². The molecule has 1 saturated carbocycles. The van der Waals surface area contributed by atoms with E-state index in [0.717, 1.165) is 23.1 Å². The second-order valence-electron chi connectivity index (χ2n) is 5.09. The van der Waals surface area contributed by atoms with E-state index in [0.29, 0.717) is 0 Å². The maximum absolute atomic E-state index is 5.55. The van der Waals surface area contributed by atoms with E-state index in [2.05, 4.69) is 48.5 Å². The zero-order chi connectivity index (χ0) is 12.6. The molecule has 0 heterocycles. The van der Waals surface area contributed by atoms with Crippen molar-refractivity contribution in [3.63, 3.8) is 0 Å². The van der Waals surface area contributed by atoms with Crippen LogP contribution in [0.3, 0.4) is 0 Å². The van der Waals surface area contributed by atoms with Crippen molar-refractivity contribution in [2.45, 2.75) is 38.5 Å². The molecule has 0 spiro atoms. The fourth-order valence-corrected chi connectivity index (χ4v) is 3.03. The fraction of sp³-hybridized carbons (Fsp3) is 0.467. The number of methoxy groups -OCH3 is 1. The van der Waals surface area contributed by atoms with Crippen molar-refractivity contribution in [2.24, 2.45) is 0 Å². The van der Waals surface area contributed by atoms with Crippen molar-refractivity contribution in [1.82, 2.24) is 0 Å². The van der Waals surface area contributed by atoms with Crippen molar-refractivity contribution in [3.05, 3.63) is 39.9 Å². The van der Waals surface area contributed by atoms with Gasteiger partial charge in [-0.3, -0.25) is 0 Å². The molecule has 0 amide bonds. The van der Waals surface area contributed by atoms with E-state index in [1.165, 1.54) is 23.1 Å². The fourth-order valence-electron chi connectivity index (χ4n) is 2.69. The third-order valence-electron chi connectivity index (χ3n) is 4.01. The van der Waals surface area contributed by atoms with E-state index in [-0.39, 0.29) is 5.41 Å². The van der Waals surface area contributed by atoms with Crippen LogP contribution in [0.1, 0.15) is 37.3 Å². The van der Waals surface area contributed by atoms with Gasteiger partial charge < -0.3 is 4.74 Å². The molecule has 0 aliphatic heterocycles. The largest absolute Gasteiger partial charge is 0.496 e. The summed E-state index contributed by atoms with van der Waals surface area (Å²) in [6.45, 7) is 8.61. The van der Waals surface area contributed by atoms with Gasteiger partial charge in [-0.15, -0.1) is 0 Å². The molecule has 0 saturated heterocycles. The Morgan fingerprint density at radius 3 is 2.65 bits per heavy atom. The van der Waals surface area contributed by atoms with Crippen molar-refractivity contribution >= 4 is 15.9 Å². The normalized spacial score (nSPS) is 24.1. The summed E-state index contributed by atoms with van der Waals surface area (Å²) in [7, 11) is 1.74. The van der Waals surface area contributed by atoms with Gasteiger partial charge in [0.05, 0.1) is 7.11 Å². The molecular weight excluding hydrogens is 276 g/mol. The van der Waals surface area contributed by atoms with E-state index < -0.39 is 0 Å². The number of benzene rings is 1. The van der Waals surface area contributed by atoms with E-state index in [1.54, 1.807) is 7.11 Å². The van der Waals surface area contributed by atoms with Crippen molar-refractivity contribution in [1.29, 1.82) is 0 Å². The van der Waals surface area contributed by atoms with Crippen LogP contribution in [-0.2, 0) is 5.41 Å². The maximum atomic E-state index is 5.55. The number of allylic oxidation sites excluding steroid dienone is 1. The summed E-state index contributed by atoms with van der Waals surface area (Å²) in [6.07, 6.45) is 3.52. The van der Waals surface area contributed by atoms with E-state index >= 15 is 0 Å². The lowest BCUT2D eigenvalue weighted by atomic mass is 9.77. The van der Waals surface area contributed by atoms with E-state index in [9.17, 15) is 0 Å². The quantitative estimate of drug-likeness (QED) is 0.714. The molecule has 0 bridgehead atoms. The van der Waals surface area contributed by atoms with Crippen LogP contribution in [0.5, 0.6) is 5.75 Å². The van der Waals surface area contributed by atoms with Crippen LogP contribution in [-0.4, -0.2) is 7.11 Å². The van der Waals surface area contributed by atoms with Gasteiger partial charge in [0, 0.05) is 15.5 Å². The highest BCUT2D eigenvalue weighted by molar-refractivity contribution is 9.10. The minimum Gasteiger partial charge on any atom is -0.496 e. The highest BCUT2D eigenvalue weighted by Crippen LogP contribution is 2.48. The Kier molecular flexibility index (Phi) is 3.35. The summed E-state index contributed by atoms with van der Waals surface area (Å²) in [5, 5.41) is 0. The molecule has 1 unspecified atom stereocenters. The van der Waals surface area contributed by atoms with Gasteiger partial charge in [0.1, 0.15) is 5.75 Å². The number of rotatable bonds is 2. The summed E-state index contributed by atoms with van der Waals surface area (Å²) in [4.78, 5) is 0. The smallest absolute Gasteiger partial charge is 0.123 e. The first-order valence-electron chi connectivity index (χ1n) is 6.02. The number of ether oxygens (including phenoxy) is 1. The summed E-state index contributed by atoms with van der Waals surface area (Å²) in [5.74, 6) is 0.983. The molecule has 1 aliphatic rings. The van der Waals surface area contributed by atoms with E-state index in [4.69, 9.17) is 4.74 Å². The Balaban J connectivity index is 2.58. The standard InChI is InChI=1S/C15H19BrO/c1-10-8-14(17-4)12(9-13(10)16)15(3)7-5-6-11(15)2/h8-9H,2,5-7H2,1,3-4H3. The predicted molar refractivity (Wildman–Crippen MR) is 75.8 cm³/mol. The lowest BCUT2D eigenvalue weighted by molar-refractivity contribution is 0.397. The lowest BCUT2D eigenvalue weighted by Gasteiger charge is -2.28. The molecule has 2 heteroatoms. The summed E-state index contributed by atoms with van der Waals surface area (Å²) < 4.78 is 6.69. The Morgan fingerprint density at radius 1 is 1.41 bits per heavy atom. The second kappa shape index (κ2) is 4.49. The topological polar surface area (TPSA) is 9.23 Å². The van der Waals surface area contributed by atoms with Gasteiger partial charge in [-0.05, 0) is 43.9 Å². The van der Waals surface area contributed by atoms with Crippen LogP contribution in [0, 0.1) is 6.92 Å². The molecule has 1 aromatic rings. The van der Waals surface area contributed by atoms with Crippen molar-refractivity contribution in [3.8, 4) is 5.75 Å². The van der Waals surface area contributed by atoms with Gasteiger partial charge in [-0.2, -0.15) is 0 Å². The molecule has 1 aliphatic carbocycles. The average molecular weight is 295 g/mol. The minimum absolute atomic E-state index is 0.0710. The molecule has 17 heavy (non-hydrogen) atoms. The maximum Gasteiger partial charge on any atom is 0.123 e. The van der Waals surface area contributed by atoms with Crippen LogP contribution in [0.2, 0.25) is 0 Å². The lowest BCUT2D eigenvalue weighted by Crippen LogP contribution is -2.20. The zero-order valence-electron chi connectivity index (χ0n) is 10.8. The van der Waals surface area contributed by atoms with Gasteiger partial charge in [0.2, 0.25) is 0 Å². The molecule has 0 radical (unpaired) electrons. The van der Waals surface area contributed by atoms with Crippen LogP contribution >= 0.6 is 15.9 Å². The third kappa shape index (κ3) is 2.03. The number of halogens is 1. The highest BCUT2D eigenvalue weighted by Gasteiger charge is 2.36. The first kappa shape index (κ1) is 12.7. The number of aryl methyl sites for hydroxylation is 1. The summed E-state index contributed by atoms with van der Waals surface area (Å²) in [5.41, 5.74) is 3.87. The number of hydrogen-bond donors (Lipinski definition) is 0. The van der Waals surface area contributed by atoms with Gasteiger partial charge in [-0.25, -0.2) is 0 Å². The van der Waals surface area contributed by atoms with Crippen LogP contribution in [0.25, 0.3) is 0 Å². The summed E-state index contributed by atoms with van der Waals surface area (Å²) >= 11 is 3.62. The Hall–Kier alpha value is -0.760. The number of hydrogen-bond acceptors (Lipinski definition) is 1. The van der Waals surface area contributed by atoms with Crippen LogP contribution in [0.4, 0.5) is 0 Å². The third-order valence-corrected chi connectivity index (χ3v) is 4.87. The highest BCUT2D eigenvalue weighted by atomic mass is 79.9. The van der Waals surface area contributed by atoms with Gasteiger partial charge in [-0.1, -0.05) is 35.0 Å². The molecule has 0 N–H and O–H groups in total. The summed E-state index contributed by atoms with van der Waals surface area (Å²) in [6, 6.07) is 4.31. The van der Waals surface area contributed by atoms with Gasteiger partial charge in [0.15, 0.2) is 0 Å². The van der Waals surface area contributed by atoms with Crippen molar-refractivity contribution in [2.75, 3.05) is 7.11 Å². The second-order valence-corrected chi connectivity index (χ2v) is 5.95. The molecule has 1 aromatic carbocycles. The first-order chi connectivity index (χ1) is 7.99. The van der Waals surface area contributed by atoms with Crippen LogP contribution in [0.15, 0.2) is 28.8 Å². The van der Waals surface area contributed by atoms with Gasteiger partial charge >= 0.3 is 0 Å². The Morgan fingerprint density at radius 2 is 2.12 bits per heavy atom. The van der Waals surface area contributed by atoms with Crippen molar-refractivity contribution < 1.29 is 4.74 Å². The molecule has 1 nitrogen and oxygen atoms in total. The van der Waals surface area contributed by atoms with E-state index in [1.807, 2.05) is 0 Å². The average Bonchev–Trinajstić information content (AvgIpc) is 2.63. The SMILES string of the molecule is C=C1CCCC1(C)c1cc(Br)c(C)cc1OC. The predicted octanol–water partition coefficient (Wildman–Crippen LogP) is 4.76. The Bertz CT molecular complexity index is 464. The zero-order valence-corrected chi connectivity index (χ0v) is 12.4. The molecule has 92 valence electrons. The van der Waals surface area contributed by atoms with Crippen LogP contribution < -0.4 is 4.74 Å². The monoisotopic (exact) mass is 294 g/mol. The molecule has 1 fully saturated rings.